The van der Waals surface area contributed by atoms with E-state index in [0.717, 1.165) is 5.69 Å². The standard InChI is InChI=1S/C23H19N3O4S/c1-2-29-23(28)17-5-7-19(8-6-17)26-22(27)18(12-24)11-16-3-9-21(10-4-16)30-13-20-14-31-15-25-20/h3-11,14-15H,2,13H2,1H3,(H,26,27)/b18-11+. The molecule has 31 heavy (non-hydrogen) atoms. The summed E-state index contributed by atoms with van der Waals surface area (Å²) < 4.78 is 10.6. The molecule has 0 bridgehead atoms. The molecule has 0 saturated heterocycles. The molecular formula is C23H19N3O4S. The lowest BCUT2D eigenvalue weighted by Crippen LogP contribution is -2.13. The molecule has 0 aliphatic carbocycles. The molecule has 156 valence electrons. The number of carbonyl (C=O) groups excluding carboxylic acids is 2. The lowest BCUT2D eigenvalue weighted by Gasteiger charge is -2.07. The minimum Gasteiger partial charge on any atom is -0.487 e. The topological polar surface area (TPSA) is 101 Å². The molecule has 0 spiro atoms. The fraction of sp³-hybridized carbons (Fsp3) is 0.130. The minimum atomic E-state index is -0.546. The first kappa shape index (κ1) is 21.7. The van der Waals surface area contributed by atoms with Gasteiger partial charge < -0.3 is 14.8 Å². The van der Waals surface area contributed by atoms with E-state index >= 15 is 0 Å². The summed E-state index contributed by atoms with van der Waals surface area (Å²) >= 11 is 1.51. The van der Waals surface area contributed by atoms with Crippen molar-refractivity contribution in [2.45, 2.75) is 13.5 Å². The van der Waals surface area contributed by atoms with E-state index in [1.165, 1.54) is 17.4 Å². The highest BCUT2D eigenvalue weighted by molar-refractivity contribution is 7.07. The van der Waals surface area contributed by atoms with Crippen LogP contribution in [0.1, 0.15) is 28.5 Å². The molecule has 0 atom stereocenters. The molecule has 0 saturated carbocycles. The minimum absolute atomic E-state index is 0.0504. The molecule has 3 aromatic rings. The van der Waals surface area contributed by atoms with Crippen LogP contribution in [0.4, 0.5) is 5.69 Å². The van der Waals surface area contributed by atoms with Crippen molar-refractivity contribution in [1.29, 1.82) is 5.26 Å². The Morgan fingerprint density at radius 1 is 1.16 bits per heavy atom. The zero-order valence-electron chi connectivity index (χ0n) is 16.7. The average molecular weight is 433 g/mol. The number of nitriles is 1. The van der Waals surface area contributed by atoms with Gasteiger partial charge in [0.2, 0.25) is 0 Å². The Hall–Kier alpha value is -3.96. The Balaban J connectivity index is 1.62. The number of hydrogen-bond acceptors (Lipinski definition) is 7. The van der Waals surface area contributed by atoms with Gasteiger partial charge in [-0.1, -0.05) is 12.1 Å². The van der Waals surface area contributed by atoms with E-state index < -0.39 is 11.9 Å². The van der Waals surface area contributed by atoms with E-state index in [9.17, 15) is 14.9 Å². The maximum Gasteiger partial charge on any atom is 0.338 e. The second-order valence-electron chi connectivity index (χ2n) is 6.26. The van der Waals surface area contributed by atoms with E-state index in [-0.39, 0.29) is 12.2 Å². The van der Waals surface area contributed by atoms with Gasteiger partial charge in [-0.15, -0.1) is 11.3 Å². The molecular weight excluding hydrogens is 414 g/mol. The quantitative estimate of drug-likeness (QED) is 0.320. The van der Waals surface area contributed by atoms with Gasteiger partial charge in [0.05, 0.1) is 23.4 Å². The van der Waals surface area contributed by atoms with Crippen LogP contribution in [0.2, 0.25) is 0 Å². The predicted octanol–water partition coefficient (Wildman–Crippen LogP) is 4.44. The highest BCUT2D eigenvalue weighted by atomic mass is 32.1. The van der Waals surface area contributed by atoms with Gasteiger partial charge in [0.25, 0.3) is 5.91 Å². The largest absolute Gasteiger partial charge is 0.487 e. The second-order valence-corrected chi connectivity index (χ2v) is 6.98. The Morgan fingerprint density at radius 3 is 2.52 bits per heavy atom. The molecule has 1 heterocycles. The average Bonchev–Trinajstić information content (AvgIpc) is 3.31. The van der Waals surface area contributed by atoms with Crippen LogP contribution in [0.5, 0.6) is 5.75 Å². The van der Waals surface area contributed by atoms with Crippen LogP contribution < -0.4 is 10.1 Å². The monoisotopic (exact) mass is 433 g/mol. The van der Waals surface area contributed by atoms with Gasteiger partial charge in [0, 0.05) is 11.1 Å². The number of nitrogens with one attached hydrogen (secondary N) is 1. The summed E-state index contributed by atoms with van der Waals surface area (Å²) in [7, 11) is 0. The van der Waals surface area contributed by atoms with Gasteiger partial charge in [-0.25, -0.2) is 9.78 Å². The smallest absolute Gasteiger partial charge is 0.338 e. The molecule has 0 fully saturated rings. The van der Waals surface area contributed by atoms with Crippen molar-refractivity contribution in [3.05, 3.63) is 81.8 Å². The number of thiazole rings is 1. The highest BCUT2D eigenvalue weighted by Crippen LogP contribution is 2.17. The summed E-state index contributed by atoms with van der Waals surface area (Å²) in [6.45, 7) is 2.39. The summed E-state index contributed by atoms with van der Waals surface area (Å²) in [5.74, 6) is -0.318. The molecule has 1 N–H and O–H groups in total. The summed E-state index contributed by atoms with van der Waals surface area (Å²) in [5, 5.41) is 13.9. The molecule has 1 aromatic heterocycles. The van der Waals surface area contributed by atoms with Crippen molar-refractivity contribution >= 4 is 35.0 Å². The first-order valence-electron chi connectivity index (χ1n) is 9.39. The van der Waals surface area contributed by atoms with Crippen molar-refractivity contribution in [2.24, 2.45) is 0 Å². The van der Waals surface area contributed by atoms with Crippen LogP contribution in [0, 0.1) is 11.3 Å². The maximum atomic E-state index is 12.4. The SMILES string of the molecule is CCOC(=O)c1ccc(NC(=O)/C(C#N)=C/c2ccc(OCc3cscn3)cc2)cc1. The molecule has 1 amide bonds. The van der Waals surface area contributed by atoms with Crippen LogP contribution in [0.15, 0.2) is 65.0 Å². The molecule has 8 heteroatoms. The van der Waals surface area contributed by atoms with Crippen LogP contribution in [-0.4, -0.2) is 23.5 Å². The van der Waals surface area contributed by atoms with Crippen molar-refractivity contribution < 1.29 is 19.1 Å². The molecule has 0 aliphatic rings. The van der Waals surface area contributed by atoms with Crippen molar-refractivity contribution in [3.63, 3.8) is 0 Å². The summed E-state index contributed by atoms with van der Waals surface area (Å²) in [5.41, 5.74) is 4.08. The molecule has 2 aromatic carbocycles. The Morgan fingerprint density at radius 2 is 1.90 bits per heavy atom. The van der Waals surface area contributed by atoms with E-state index in [4.69, 9.17) is 9.47 Å². The molecule has 7 nitrogen and oxygen atoms in total. The molecule has 0 unspecified atom stereocenters. The van der Waals surface area contributed by atoms with Gasteiger partial charge in [0.15, 0.2) is 0 Å². The fourth-order valence-corrected chi connectivity index (χ4v) is 3.09. The Bertz CT molecular complexity index is 1100. The number of nitrogens with zero attached hydrogens (tertiary/aromatic N) is 2. The van der Waals surface area contributed by atoms with Crippen molar-refractivity contribution in [2.75, 3.05) is 11.9 Å². The summed E-state index contributed by atoms with van der Waals surface area (Å²) in [4.78, 5) is 28.3. The highest BCUT2D eigenvalue weighted by Gasteiger charge is 2.11. The third-order valence-electron chi connectivity index (χ3n) is 4.08. The Labute approximate surface area is 183 Å². The van der Waals surface area contributed by atoms with Crippen LogP contribution in [-0.2, 0) is 16.1 Å². The van der Waals surface area contributed by atoms with Crippen LogP contribution in [0.3, 0.4) is 0 Å². The maximum absolute atomic E-state index is 12.4. The van der Waals surface area contributed by atoms with Gasteiger partial charge in [-0.3, -0.25) is 4.79 Å². The van der Waals surface area contributed by atoms with Crippen LogP contribution >= 0.6 is 11.3 Å². The van der Waals surface area contributed by atoms with Crippen molar-refractivity contribution in [1.82, 2.24) is 4.98 Å². The fourth-order valence-electron chi connectivity index (χ4n) is 2.54. The normalized spacial score (nSPS) is 10.8. The van der Waals surface area contributed by atoms with E-state index in [2.05, 4.69) is 10.3 Å². The third kappa shape index (κ3) is 6.26. The number of rotatable bonds is 8. The van der Waals surface area contributed by atoms with E-state index in [1.807, 2.05) is 11.4 Å². The van der Waals surface area contributed by atoms with Crippen molar-refractivity contribution in [3.8, 4) is 11.8 Å². The van der Waals surface area contributed by atoms with Gasteiger partial charge in [-0.2, -0.15) is 5.26 Å². The van der Waals surface area contributed by atoms with E-state index in [0.29, 0.717) is 29.2 Å². The lowest BCUT2D eigenvalue weighted by atomic mass is 10.1. The molecule has 3 rings (SSSR count). The Kier molecular flexibility index (Phi) is 7.51. The number of aromatic nitrogens is 1. The van der Waals surface area contributed by atoms with Gasteiger partial charge >= 0.3 is 5.97 Å². The van der Waals surface area contributed by atoms with Gasteiger partial charge in [-0.05, 0) is 55.0 Å². The lowest BCUT2D eigenvalue weighted by molar-refractivity contribution is -0.112. The third-order valence-corrected chi connectivity index (χ3v) is 4.72. The number of hydrogen-bond donors (Lipinski definition) is 1. The zero-order chi connectivity index (χ0) is 22.1. The number of carbonyl (C=O) groups is 2. The number of benzene rings is 2. The number of ether oxygens (including phenoxy) is 2. The van der Waals surface area contributed by atoms with E-state index in [1.54, 1.807) is 61.0 Å². The zero-order valence-corrected chi connectivity index (χ0v) is 17.5. The predicted molar refractivity (Wildman–Crippen MR) is 118 cm³/mol. The summed E-state index contributed by atoms with van der Waals surface area (Å²) in [6.07, 6.45) is 1.49. The second kappa shape index (κ2) is 10.7. The first-order valence-corrected chi connectivity index (χ1v) is 10.3. The summed E-state index contributed by atoms with van der Waals surface area (Å²) in [6, 6.07) is 15.2. The molecule has 0 radical (unpaired) electrons. The number of esters is 1. The first-order chi connectivity index (χ1) is 15.1. The molecule has 0 aliphatic heterocycles. The number of amides is 1. The van der Waals surface area contributed by atoms with Crippen LogP contribution in [0.25, 0.3) is 6.08 Å². The number of anilines is 1. The van der Waals surface area contributed by atoms with Gasteiger partial charge in [0.1, 0.15) is 24.0 Å².